The molecule has 1 heterocycles. The number of piperazine rings is 1. The summed E-state index contributed by atoms with van der Waals surface area (Å²) >= 11 is 6.02. The highest BCUT2D eigenvalue weighted by atomic mass is 35.5. The number of hydrogen-bond donors (Lipinski definition) is 1. The smallest absolute Gasteiger partial charge is 0.321 e. The third-order valence-electron chi connectivity index (χ3n) is 4.57. The van der Waals surface area contributed by atoms with Gasteiger partial charge in [0.1, 0.15) is 0 Å². The lowest BCUT2D eigenvalue weighted by Crippen LogP contribution is -2.50. The predicted octanol–water partition coefficient (Wildman–Crippen LogP) is 4.51. The molecule has 0 saturated carbocycles. The van der Waals surface area contributed by atoms with Crippen molar-refractivity contribution >= 4 is 29.4 Å². The van der Waals surface area contributed by atoms with E-state index in [0.717, 1.165) is 44.0 Å². The summed E-state index contributed by atoms with van der Waals surface area (Å²) < 4.78 is 0. The summed E-state index contributed by atoms with van der Waals surface area (Å²) in [6.07, 6.45) is 4.32. The molecule has 1 saturated heterocycles. The van der Waals surface area contributed by atoms with Gasteiger partial charge in [0.05, 0.1) is 0 Å². The first kappa shape index (κ1) is 18.5. The van der Waals surface area contributed by atoms with Crippen LogP contribution in [0.25, 0.3) is 6.08 Å². The molecule has 0 bridgehead atoms. The largest absolute Gasteiger partial charge is 0.322 e. The topological polar surface area (TPSA) is 35.6 Å². The molecule has 2 aromatic rings. The van der Waals surface area contributed by atoms with Gasteiger partial charge in [-0.25, -0.2) is 4.79 Å². The highest BCUT2D eigenvalue weighted by Gasteiger charge is 2.20. The minimum atomic E-state index is -0.0603. The Morgan fingerprint density at radius 3 is 2.58 bits per heavy atom. The highest BCUT2D eigenvalue weighted by Crippen LogP contribution is 2.20. The van der Waals surface area contributed by atoms with Gasteiger partial charge < -0.3 is 10.2 Å². The van der Waals surface area contributed by atoms with Crippen LogP contribution in [-0.2, 0) is 0 Å². The average Bonchev–Trinajstić information content (AvgIpc) is 2.66. The van der Waals surface area contributed by atoms with Crippen molar-refractivity contribution in [1.29, 1.82) is 0 Å². The van der Waals surface area contributed by atoms with E-state index in [-0.39, 0.29) is 6.03 Å². The summed E-state index contributed by atoms with van der Waals surface area (Å²) in [5.74, 6) is 0. The van der Waals surface area contributed by atoms with E-state index in [0.29, 0.717) is 5.02 Å². The van der Waals surface area contributed by atoms with Crippen LogP contribution in [0.2, 0.25) is 5.02 Å². The van der Waals surface area contributed by atoms with Gasteiger partial charge in [0.25, 0.3) is 0 Å². The summed E-state index contributed by atoms with van der Waals surface area (Å²) in [6, 6.07) is 15.8. The van der Waals surface area contributed by atoms with E-state index in [2.05, 4.69) is 34.5 Å². The van der Waals surface area contributed by atoms with Crippen LogP contribution < -0.4 is 5.32 Å². The number of halogens is 1. The van der Waals surface area contributed by atoms with Crippen molar-refractivity contribution in [1.82, 2.24) is 9.80 Å². The van der Waals surface area contributed by atoms with Crippen LogP contribution in [-0.4, -0.2) is 48.6 Å². The first-order valence-corrected chi connectivity index (χ1v) is 9.25. The van der Waals surface area contributed by atoms with Gasteiger partial charge in [0.15, 0.2) is 0 Å². The van der Waals surface area contributed by atoms with Crippen molar-refractivity contribution in [2.24, 2.45) is 0 Å². The molecule has 4 nitrogen and oxygen atoms in total. The van der Waals surface area contributed by atoms with E-state index in [1.807, 2.05) is 42.2 Å². The van der Waals surface area contributed by atoms with Crippen LogP contribution in [0.15, 0.2) is 54.6 Å². The number of rotatable bonds is 4. The van der Waals surface area contributed by atoms with Crippen LogP contribution in [0.3, 0.4) is 0 Å². The monoisotopic (exact) mass is 369 g/mol. The fraction of sp³-hybridized carbons (Fsp3) is 0.286. The normalized spacial score (nSPS) is 15.4. The van der Waals surface area contributed by atoms with Gasteiger partial charge in [-0.2, -0.15) is 0 Å². The molecule has 0 spiro atoms. The number of hydrogen-bond acceptors (Lipinski definition) is 2. The maximum atomic E-state index is 12.5. The van der Waals surface area contributed by atoms with Gasteiger partial charge in [0.2, 0.25) is 0 Å². The lowest BCUT2D eigenvalue weighted by atomic mass is 10.2. The number of urea groups is 1. The molecule has 0 aliphatic carbocycles. The SMILES string of the molecule is Cc1ccc(Cl)cc1NC(=O)N1CCN(C/C=C/c2ccccc2)CC1. The number of nitrogens with zero attached hydrogens (tertiary/aromatic N) is 2. The molecule has 1 fully saturated rings. The second-order valence-electron chi connectivity index (χ2n) is 6.49. The molecule has 1 aliphatic rings. The lowest BCUT2D eigenvalue weighted by Gasteiger charge is -2.34. The number of anilines is 1. The lowest BCUT2D eigenvalue weighted by molar-refractivity contribution is 0.156. The van der Waals surface area contributed by atoms with Gasteiger partial charge in [-0.05, 0) is 30.2 Å². The molecular formula is C21H24ClN3O. The number of carbonyl (C=O) groups excluding carboxylic acids is 1. The summed E-state index contributed by atoms with van der Waals surface area (Å²) in [6.45, 7) is 6.07. The van der Waals surface area contributed by atoms with Crippen molar-refractivity contribution in [3.05, 3.63) is 70.8 Å². The number of carbonyl (C=O) groups is 1. The third-order valence-corrected chi connectivity index (χ3v) is 4.81. The Balaban J connectivity index is 1.46. The zero-order chi connectivity index (χ0) is 18.4. The van der Waals surface area contributed by atoms with Crippen molar-refractivity contribution in [2.45, 2.75) is 6.92 Å². The minimum absolute atomic E-state index is 0.0603. The molecule has 0 unspecified atom stereocenters. The third kappa shape index (κ3) is 5.10. The molecule has 136 valence electrons. The fourth-order valence-electron chi connectivity index (χ4n) is 2.96. The molecule has 5 heteroatoms. The standard InChI is InChI=1S/C21H24ClN3O/c1-17-9-10-19(22)16-20(17)23-21(26)25-14-12-24(13-15-25)11-5-8-18-6-3-2-4-7-18/h2-10,16H,11-15H2,1H3,(H,23,26)/b8-5+. The Hall–Kier alpha value is -2.30. The first-order valence-electron chi connectivity index (χ1n) is 8.88. The summed E-state index contributed by atoms with van der Waals surface area (Å²) in [7, 11) is 0. The molecule has 0 atom stereocenters. The summed E-state index contributed by atoms with van der Waals surface area (Å²) in [5.41, 5.74) is 2.99. The van der Waals surface area contributed by atoms with E-state index in [9.17, 15) is 4.79 Å². The molecule has 1 aliphatic heterocycles. The van der Waals surface area contributed by atoms with Crippen LogP contribution in [0.1, 0.15) is 11.1 Å². The highest BCUT2D eigenvalue weighted by molar-refractivity contribution is 6.31. The quantitative estimate of drug-likeness (QED) is 0.860. The van der Waals surface area contributed by atoms with E-state index in [1.165, 1.54) is 5.56 Å². The maximum Gasteiger partial charge on any atom is 0.321 e. The van der Waals surface area contributed by atoms with Gasteiger partial charge in [-0.3, -0.25) is 4.90 Å². The minimum Gasteiger partial charge on any atom is -0.322 e. The van der Waals surface area contributed by atoms with Crippen molar-refractivity contribution in [3.63, 3.8) is 0 Å². The second kappa shape index (κ2) is 8.88. The van der Waals surface area contributed by atoms with E-state index >= 15 is 0 Å². The Morgan fingerprint density at radius 1 is 1.12 bits per heavy atom. The van der Waals surface area contributed by atoms with E-state index in [1.54, 1.807) is 6.07 Å². The molecular weight excluding hydrogens is 346 g/mol. The Morgan fingerprint density at radius 2 is 1.85 bits per heavy atom. The van der Waals surface area contributed by atoms with Gasteiger partial charge in [-0.1, -0.05) is 60.2 Å². The second-order valence-corrected chi connectivity index (χ2v) is 6.93. The Bertz CT molecular complexity index is 768. The summed E-state index contributed by atoms with van der Waals surface area (Å²) in [4.78, 5) is 16.7. The molecule has 26 heavy (non-hydrogen) atoms. The molecule has 2 aromatic carbocycles. The van der Waals surface area contributed by atoms with E-state index in [4.69, 9.17) is 11.6 Å². The van der Waals surface area contributed by atoms with Crippen molar-refractivity contribution in [3.8, 4) is 0 Å². The molecule has 0 aromatic heterocycles. The first-order chi connectivity index (χ1) is 12.6. The van der Waals surface area contributed by atoms with Crippen LogP contribution in [0.5, 0.6) is 0 Å². The molecule has 1 N–H and O–H groups in total. The number of benzene rings is 2. The summed E-state index contributed by atoms with van der Waals surface area (Å²) in [5, 5.41) is 3.60. The average molecular weight is 370 g/mol. The van der Waals surface area contributed by atoms with Crippen LogP contribution in [0.4, 0.5) is 10.5 Å². The zero-order valence-electron chi connectivity index (χ0n) is 15.0. The molecule has 0 radical (unpaired) electrons. The van der Waals surface area contributed by atoms with Gasteiger partial charge >= 0.3 is 6.03 Å². The Labute approximate surface area is 160 Å². The van der Waals surface area contributed by atoms with E-state index < -0.39 is 0 Å². The zero-order valence-corrected chi connectivity index (χ0v) is 15.7. The predicted molar refractivity (Wildman–Crippen MR) is 109 cm³/mol. The van der Waals surface area contributed by atoms with Gasteiger partial charge in [-0.15, -0.1) is 0 Å². The molecule has 3 rings (SSSR count). The number of nitrogens with one attached hydrogen (secondary N) is 1. The number of aryl methyl sites for hydroxylation is 1. The van der Waals surface area contributed by atoms with Crippen LogP contribution >= 0.6 is 11.6 Å². The van der Waals surface area contributed by atoms with Gasteiger partial charge in [0, 0.05) is 43.4 Å². The van der Waals surface area contributed by atoms with Crippen LogP contribution in [0, 0.1) is 6.92 Å². The van der Waals surface area contributed by atoms with Crippen molar-refractivity contribution in [2.75, 3.05) is 38.0 Å². The van der Waals surface area contributed by atoms with Crippen molar-refractivity contribution < 1.29 is 4.79 Å². The Kier molecular flexibility index (Phi) is 6.31. The molecule has 2 amide bonds. The number of amides is 2. The maximum absolute atomic E-state index is 12.5. The fourth-order valence-corrected chi connectivity index (χ4v) is 3.13.